The molecule has 2 amide bonds. The Balaban J connectivity index is 0.00000342. The number of halogens is 1. The molecule has 0 bridgehead atoms. The van der Waals surface area contributed by atoms with Crippen molar-refractivity contribution in [2.45, 2.75) is 12.2 Å². The maximum atomic E-state index is 12.9. The second kappa shape index (κ2) is 11.0. The Bertz CT molecular complexity index is 1360. The second-order valence-electron chi connectivity index (χ2n) is 7.33. The van der Waals surface area contributed by atoms with Crippen LogP contribution in [0.4, 0.5) is 11.4 Å². The standard InChI is InChI=1S/C22H20ClN5O6.H3N/c23-8-10-28(15-5-6-16-13(11-15)7-9-24-16)21(32)18(30)17(29)20(31)25-14-3-1-12(2-4-14)19-26-22(33)34-27-19;/h1-7,9,11,17-18,24,29-30H,8,10H2,(H,25,31)(H,26,27,33);1H3/t17-,18-;/m1./s1. The van der Waals surface area contributed by atoms with Crippen LogP contribution in [0.15, 0.2) is 64.0 Å². The summed E-state index contributed by atoms with van der Waals surface area (Å²) >= 11 is 5.85. The Kier molecular flexibility index (Phi) is 8.04. The molecular weight excluding hydrogens is 480 g/mol. The minimum atomic E-state index is -2.03. The normalized spacial score (nSPS) is 12.5. The van der Waals surface area contributed by atoms with Gasteiger partial charge in [0, 0.05) is 46.5 Å². The highest BCUT2D eigenvalue weighted by molar-refractivity contribution is 6.18. The van der Waals surface area contributed by atoms with Crippen LogP contribution in [0.1, 0.15) is 0 Å². The number of nitrogens with one attached hydrogen (secondary N) is 3. The summed E-state index contributed by atoms with van der Waals surface area (Å²) in [7, 11) is 0. The molecule has 2 aromatic heterocycles. The molecule has 0 aliphatic heterocycles. The zero-order valence-corrected chi connectivity index (χ0v) is 19.0. The summed E-state index contributed by atoms with van der Waals surface area (Å²) in [6.07, 6.45) is -2.31. The summed E-state index contributed by atoms with van der Waals surface area (Å²) in [6.45, 7) is 0.0628. The number of aliphatic hydroxyl groups excluding tert-OH is 2. The first-order chi connectivity index (χ1) is 16.4. The predicted molar refractivity (Wildman–Crippen MR) is 130 cm³/mol. The number of alkyl halides is 1. The fourth-order valence-corrected chi connectivity index (χ4v) is 3.55. The van der Waals surface area contributed by atoms with Crippen LogP contribution >= 0.6 is 11.6 Å². The van der Waals surface area contributed by atoms with Crippen LogP contribution in [0.5, 0.6) is 0 Å². The maximum absolute atomic E-state index is 12.9. The van der Waals surface area contributed by atoms with Crippen molar-refractivity contribution in [3.8, 4) is 11.4 Å². The number of anilines is 2. The van der Waals surface area contributed by atoms with Gasteiger partial charge in [0.25, 0.3) is 11.8 Å². The Morgan fingerprint density at radius 3 is 2.51 bits per heavy atom. The first kappa shape index (κ1) is 25.6. The summed E-state index contributed by atoms with van der Waals surface area (Å²) in [5, 5.41) is 27.6. The maximum Gasteiger partial charge on any atom is 0.439 e. The number of aromatic amines is 2. The monoisotopic (exact) mass is 502 g/mol. The van der Waals surface area contributed by atoms with Gasteiger partial charge in [-0.25, -0.2) is 4.79 Å². The van der Waals surface area contributed by atoms with Crippen molar-refractivity contribution >= 4 is 45.7 Å². The van der Waals surface area contributed by atoms with Gasteiger partial charge in [0.1, 0.15) is 0 Å². The van der Waals surface area contributed by atoms with Crippen LogP contribution in [0.25, 0.3) is 22.3 Å². The third-order valence-electron chi connectivity index (χ3n) is 5.11. The molecule has 4 rings (SSSR count). The molecule has 8 N–H and O–H groups in total. The zero-order chi connectivity index (χ0) is 24.2. The Labute approximate surface area is 203 Å². The number of benzene rings is 2. The number of fused-ring (bicyclic) bond motifs is 1. The van der Waals surface area contributed by atoms with Crippen molar-refractivity contribution in [2.75, 3.05) is 22.6 Å². The summed E-state index contributed by atoms with van der Waals surface area (Å²) in [4.78, 5) is 43.1. The van der Waals surface area contributed by atoms with E-state index in [0.717, 1.165) is 10.9 Å². The quantitative estimate of drug-likeness (QED) is 0.195. The number of nitrogens with zero attached hydrogens (tertiary/aromatic N) is 2. The van der Waals surface area contributed by atoms with E-state index < -0.39 is 29.8 Å². The molecule has 0 radical (unpaired) electrons. The Morgan fingerprint density at radius 2 is 1.86 bits per heavy atom. The van der Waals surface area contributed by atoms with E-state index in [1.807, 2.05) is 6.07 Å². The summed E-state index contributed by atoms with van der Waals surface area (Å²) in [6, 6.07) is 13.1. The number of carbonyl (C=O) groups excluding carboxylic acids is 2. The summed E-state index contributed by atoms with van der Waals surface area (Å²) in [5.41, 5.74) is 2.14. The highest BCUT2D eigenvalue weighted by Gasteiger charge is 2.34. The van der Waals surface area contributed by atoms with Crippen molar-refractivity contribution in [1.29, 1.82) is 0 Å². The van der Waals surface area contributed by atoms with E-state index >= 15 is 0 Å². The first-order valence-corrected chi connectivity index (χ1v) is 10.7. The average Bonchev–Trinajstić information content (AvgIpc) is 3.50. The highest BCUT2D eigenvalue weighted by atomic mass is 35.5. The number of carbonyl (C=O) groups is 2. The van der Waals surface area contributed by atoms with Crippen molar-refractivity contribution in [3.05, 3.63) is 65.3 Å². The number of rotatable bonds is 8. The van der Waals surface area contributed by atoms with Gasteiger partial charge in [0.05, 0.1) is 0 Å². The fourth-order valence-electron chi connectivity index (χ4n) is 3.38. The summed E-state index contributed by atoms with van der Waals surface area (Å²) < 4.78 is 4.44. The molecule has 0 saturated carbocycles. The van der Waals surface area contributed by atoms with Crippen molar-refractivity contribution in [3.63, 3.8) is 0 Å². The van der Waals surface area contributed by atoms with Crippen LogP contribution in [-0.4, -0.2) is 61.8 Å². The van der Waals surface area contributed by atoms with Crippen molar-refractivity contribution in [1.82, 2.24) is 21.3 Å². The molecule has 4 aromatic rings. The van der Waals surface area contributed by atoms with Crippen molar-refractivity contribution in [2.24, 2.45) is 0 Å². The predicted octanol–water partition coefficient (Wildman–Crippen LogP) is 1.61. The number of aromatic nitrogens is 3. The number of amides is 2. The molecule has 2 aromatic carbocycles. The van der Waals surface area contributed by atoms with Gasteiger partial charge in [0.2, 0.25) is 0 Å². The third kappa shape index (κ3) is 5.58. The van der Waals surface area contributed by atoms with E-state index in [9.17, 15) is 24.6 Å². The lowest BCUT2D eigenvalue weighted by Gasteiger charge is -2.26. The Morgan fingerprint density at radius 1 is 1.11 bits per heavy atom. The third-order valence-corrected chi connectivity index (χ3v) is 5.28. The van der Waals surface area contributed by atoms with Gasteiger partial charge in [0.15, 0.2) is 18.0 Å². The lowest BCUT2D eigenvalue weighted by Crippen LogP contribution is -2.50. The van der Waals surface area contributed by atoms with E-state index in [4.69, 9.17) is 11.6 Å². The number of hydrogen-bond acceptors (Lipinski definition) is 8. The van der Waals surface area contributed by atoms with E-state index in [2.05, 4.69) is 25.0 Å². The van der Waals surface area contributed by atoms with Crippen LogP contribution in [0, 0.1) is 0 Å². The minimum Gasteiger partial charge on any atom is -0.380 e. The first-order valence-electron chi connectivity index (χ1n) is 10.2. The fraction of sp³-hybridized carbons (Fsp3) is 0.182. The molecular formula is C22H23ClN6O6. The van der Waals surface area contributed by atoms with Gasteiger partial charge in [-0.1, -0.05) is 5.16 Å². The molecule has 13 heteroatoms. The van der Waals surface area contributed by atoms with Gasteiger partial charge < -0.3 is 31.6 Å². The molecule has 0 aliphatic rings. The number of aliphatic hydroxyl groups is 2. The molecule has 184 valence electrons. The van der Waals surface area contributed by atoms with Crippen LogP contribution < -0.4 is 22.1 Å². The smallest absolute Gasteiger partial charge is 0.380 e. The lowest BCUT2D eigenvalue weighted by molar-refractivity contribution is -0.141. The SMILES string of the molecule is N.O=C(Nc1ccc(-c2noc(=O)[nH]2)cc1)[C@H](O)[C@@H](O)C(=O)N(CCCl)c1ccc2[nH]ccc2c1. The lowest BCUT2D eigenvalue weighted by atomic mass is 10.1. The van der Waals surface area contributed by atoms with Gasteiger partial charge in [-0.2, -0.15) is 0 Å². The van der Waals surface area contributed by atoms with Crippen molar-refractivity contribution < 1.29 is 24.3 Å². The van der Waals surface area contributed by atoms with Gasteiger partial charge in [-0.05, 0) is 48.5 Å². The van der Waals surface area contributed by atoms with E-state index in [1.54, 1.807) is 36.5 Å². The molecule has 0 saturated heterocycles. The van der Waals surface area contributed by atoms with Crippen LogP contribution in [0.3, 0.4) is 0 Å². The minimum absolute atomic E-state index is 0. The molecule has 35 heavy (non-hydrogen) atoms. The number of hydrogen-bond donors (Lipinski definition) is 6. The molecule has 0 fully saturated rings. The number of H-pyrrole nitrogens is 2. The largest absolute Gasteiger partial charge is 0.439 e. The highest BCUT2D eigenvalue weighted by Crippen LogP contribution is 2.23. The molecule has 0 aliphatic carbocycles. The van der Waals surface area contributed by atoms with E-state index in [-0.39, 0.29) is 30.1 Å². The molecule has 0 unspecified atom stereocenters. The molecule has 2 heterocycles. The van der Waals surface area contributed by atoms with E-state index in [0.29, 0.717) is 11.3 Å². The van der Waals surface area contributed by atoms with E-state index in [1.165, 1.54) is 17.0 Å². The molecule has 12 nitrogen and oxygen atoms in total. The second-order valence-corrected chi connectivity index (χ2v) is 7.71. The summed E-state index contributed by atoms with van der Waals surface area (Å²) in [5.74, 6) is -2.26. The topological polar surface area (TPSA) is 200 Å². The average molecular weight is 503 g/mol. The van der Waals surface area contributed by atoms with Gasteiger partial charge >= 0.3 is 5.76 Å². The van der Waals surface area contributed by atoms with Gasteiger partial charge in [-0.3, -0.25) is 19.1 Å². The Hall–Kier alpha value is -3.97. The van der Waals surface area contributed by atoms with Crippen LogP contribution in [-0.2, 0) is 9.59 Å². The molecule has 2 atom stereocenters. The molecule has 0 spiro atoms. The van der Waals surface area contributed by atoms with Gasteiger partial charge in [-0.15, -0.1) is 11.6 Å². The van der Waals surface area contributed by atoms with Crippen LogP contribution in [0.2, 0.25) is 0 Å². The zero-order valence-electron chi connectivity index (χ0n) is 18.3.